The fourth-order valence-corrected chi connectivity index (χ4v) is 3.05. The Morgan fingerprint density at radius 3 is 2.81 bits per heavy atom. The predicted molar refractivity (Wildman–Crippen MR) is 97.8 cm³/mol. The number of carbonyl (C=O) groups is 1. The molecule has 1 aliphatic rings. The monoisotopic (exact) mass is 417 g/mol. The van der Waals surface area contributed by atoms with E-state index in [0.717, 1.165) is 5.56 Å². The lowest BCUT2D eigenvalue weighted by Crippen LogP contribution is -2.22. The van der Waals surface area contributed by atoms with Gasteiger partial charge < -0.3 is 14.2 Å². The molecule has 0 saturated heterocycles. The number of cyclic esters (lactones) is 1. The maximum Gasteiger partial charge on any atom is 0.339 e. The molecule has 0 bridgehead atoms. The highest BCUT2D eigenvalue weighted by Gasteiger charge is 2.26. The van der Waals surface area contributed by atoms with E-state index in [4.69, 9.17) is 19.7 Å². The van der Waals surface area contributed by atoms with Crippen LogP contribution in [-0.4, -0.2) is 25.2 Å². The Hall–Kier alpha value is -2.54. The summed E-state index contributed by atoms with van der Waals surface area (Å²) in [4.78, 5) is 14.5. The number of hydrogen-bond donors (Lipinski definition) is 0. The third-order valence-corrected chi connectivity index (χ3v) is 4.46. The van der Waals surface area contributed by atoms with E-state index in [2.05, 4.69) is 26.0 Å². The summed E-state index contributed by atoms with van der Waals surface area (Å²) in [5.74, 6) is 0.157. The lowest BCUT2D eigenvalue weighted by molar-refractivity contribution is 0.0533. The third kappa shape index (κ3) is 4.35. The quantitative estimate of drug-likeness (QED) is 0.275. The van der Waals surface area contributed by atoms with Crippen molar-refractivity contribution in [2.24, 2.45) is 5.11 Å². The number of hydrogen-bond acceptors (Lipinski definition) is 5. The average Bonchev–Trinajstić information content (AvgIpc) is 3.02. The first kappa shape index (κ1) is 18.3. The van der Waals surface area contributed by atoms with Gasteiger partial charge in [0.05, 0.1) is 35.9 Å². The zero-order valence-electron chi connectivity index (χ0n) is 13.8. The second-order valence-corrected chi connectivity index (χ2v) is 6.50. The summed E-state index contributed by atoms with van der Waals surface area (Å²) in [7, 11) is 0. The Morgan fingerprint density at radius 1 is 1.23 bits per heavy atom. The van der Waals surface area contributed by atoms with E-state index in [1.807, 2.05) is 30.3 Å². The van der Waals surface area contributed by atoms with Crippen LogP contribution in [0.4, 0.5) is 0 Å². The number of azide groups is 1. The molecule has 1 heterocycles. The summed E-state index contributed by atoms with van der Waals surface area (Å²) in [6.07, 6.45) is 0. The van der Waals surface area contributed by atoms with Gasteiger partial charge in [-0.2, -0.15) is 0 Å². The number of rotatable bonds is 8. The Balaban J connectivity index is 1.61. The molecule has 0 aromatic heterocycles. The van der Waals surface area contributed by atoms with E-state index in [9.17, 15) is 4.79 Å². The molecule has 0 aliphatic carbocycles. The zero-order valence-corrected chi connectivity index (χ0v) is 15.4. The topological polar surface area (TPSA) is 93.5 Å². The Bertz CT molecular complexity index is 838. The molecule has 0 amide bonds. The van der Waals surface area contributed by atoms with E-state index >= 15 is 0 Å². The molecule has 0 saturated carbocycles. The van der Waals surface area contributed by atoms with Gasteiger partial charge in [-0.3, -0.25) is 0 Å². The minimum absolute atomic E-state index is 0.127. The van der Waals surface area contributed by atoms with Crippen molar-refractivity contribution in [2.45, 2.75) is 19.3 Å². The summed E-state index contributed by atoms with van der Waals surface area (Å²) in [5, 5.41) is 3.73. The van der Waals surface area contributed by atoms with Gasteiger partial charge in [0.1, 0.15) is 12.4 Å². The van der Waals surface area contributed by atoms with Crippen molar-refractivity contribution >= 4 is 21.9 Å². The molecule has 1 atom stereocenters. The molecule has 0 radical (unpaired) electrons. The number of halogens is 1. The fourth-order valence-electron chi connectivity index (χ4n) is 2.56. The van der Waals surface area contributed by atoms with Crippen LogP contribution in [0.15, 0.2) is 52.1 Å². The van der Waals surface area contributed by atoms with Gasteiger partial charge in [0, 0.05) is 10.5 Å². The van der Waals surface area contributed by atoms with Crippen LogP contribution in [0.2, 0.25) is 0 Å². The van der Waals surface area contributed by atoms with Crippen molar-refractivity contribution in [3.63, 3.8) is 0 Å². The van der Waals surface area contributed by atoms with E-state index in [1.165, 1.54) is 0 Å². The second-order valence-electron chi connectivity index (χ2n) is 5.65. The zero-order chi connectivity index (χ0) is 18.4. The van der Waals surface area contributed by atoms with Crippen LogP contribution in [0.25, 0.3) is 10.4 Å². The average molecular weight is 418 g/mol. The van der Waals surface area contributed by atoms with Crippen molar-refractivity contribution < 1.29 is 19.0 Å². The molecule has 0 spiro atoms. The van der Waals surface area contributed by atoms with Crippen LogP contribution in [0.5, 0.6) is 5.75 Å². The van der Waals surface area contributed by atoms with Crippen molar-refractivity contribution in [3.8, 4) is 5.75 Å². The SMILES string of the molecule is [N-]=[N+]=N[C@@H](COCc1ccccc1)COc1c(Br)ccc2c1COC2=O. The normalized spacial score (nSPS) is 13.5. The molecule has 1 aliphatic heterocycles. The van der Waals surface area contributed by atoms with Crippen molar-refractivity contribution in [1.29, 1.82) is 0 Å². The number of esters is 1. The summed E-state index contributed by atoms with van der Waals surface area (Å²) < 4.78 is 17.2. The van der Waals surface area contributed by atoms with Gasteiger partial charge in [-0.05, 0) is 39.2 Å². The minimum Gasteiger partial charge on any atom is -0.491 e. The van der Waals surface area contributed by atoms with Crippen LogP contribution in [0.3, 0.4) is 0 Å². The molecule has 7 nitrogen and oxygen atoms in total. The Labute approximate surface area is 158 Å². The van der Waals surface area contributed by atoms with E-state index in [0.29, 0.717) is 28.0 Å². The van der Waals surface area contributed by atoms with Gasteiger partial charge in [0.15, 0.2) is 0 Å². The number of nitrogens with zero attached hydrogens (tertiary/aromatic N) is 3. The van der Waals surface area contributed by atoms with Crippen LogP contribution in [0, 0.1) is 0 Å². The maximum absolute atomic E-state index is 11.7. The molecule has 2 aromatic carbocycles. The van der Waals surface area contributed by atoms with Gasteiger partial charge >= 0.3 is 5.97 Å². The lowest BCUT2D eigenvalue weighted by Gasteiger charge is -2.16. The van der Waals surface area contributed by atoms with Crippen LogP contribution in [0.1, 0.15) is 21.5 Å². The van der Waals surface area contributed by atoms with Crippen molar-refractivity contribution in [2.75, 3.05) is 13.2 Å². The van der Waals surface area contributed by atoms with Crippen LogP contribution < -0.4 is 4.74 Å². The Morgan fingerprint density at radius 2 is 2.04 bits per heavy atom. The number of carbonyl (C=O) groups excluding carboxylic acids is 1. The largest absolute Gasteiger partial charge is 0.491 e. The number of ether oxygens (including phenoxy) is 3. The molecule has 2 aromatic rings. The molecule has 3 rings (SSSR count). The van der Waals surface area contributed by atoms with Gasteiger partial charge in [-0.15, -0.1) is 0 Å². The maximum atomic E-state index is 11.7. The molecule has 0 N–H and O–H groups in total. The fraction of sp³-hybridized carbons (Fsp3) is 0.278. The first-order valence-electron chi connectivity index (χ1n) is 7.96. The highest BCUT2D eigenvalue weighted by Crippen LogP contribution is 2.36. The first-order valence-corrected chi connectivity index (χ1v) is 8.75. The summed E-state index contributed by atoms with van der Waals surface area (Å²) in [5.41, 5.74) is 11.0. The van der Waals surface area contributed by atoms with Gasteiger partial charge in [-0.25, -0.2) is 4.79 Å². The van der Waals surface area contributed by atoms with Gasteiger partial charge in [-0.1, -0.05) is 35.4 Å². The molecular formula is C18H16BrN3O4. The molecule has 8 heteroatoms. The molecule has 0 fully saturated rings. The highest BCUT2D eigenvalue weighted by atomic mass is 79.9. The van der Waals surface area contributed by atoms with E-state index in [1.54, 1.807) is 12.1 Å². The summed E-state index contributed by atoms with van der Waals surface area (Å²) >= 11 is 3.42. The van der Waals surface area contributed by atoms with Gasteiger partial charge in [0.2, 0.25) is 0 Å². The Kier molecular flexibility index (Phi) is 6.12. The van der Waals surface area contributed by atoms with E-state index in [-0.39, 0.29) is 25.8 Å². The van der Waals surface area contributed by atoms with E-state index < -0.39 is 6.04 Å². The summed E-state index contributed by atoms with van der Waals surface area (Å²) in [6.45, 7) is 0.938. The van der Waals surface area contributed by atoms with Crippen molar-refractivity contribution in [1.82, 2.24) is 0 Å². The molecule has 26 heavy (non-hydrogen) atoms. The highest BCUT2D eigenvalue weighted by molar-refractivity contribution is 9.10. The third-order valence-electron chi connectivity index (χ3n) is 3.84. The summed E-state index contributed by atoms with van der Waals surface area (Å²) in [6, 6.07) is 12.6. The van der Waals surface area contributed by atoms with Crippen LogP contribution in [-0.2, 0) is 22.7 Å². The number of benzene rings is 2. The second kappa shape index (κ2) is 8.71. The molecule has 134 valence electrons. The lowest BCUT2D eigenvalue weighted by atomic mass is 10.1. The predicted octanol–water partition coefficient (Wildman–Crippen LogP) is 4.39. The smallest absolute Gasteiger partial charge is 0.339 e. The minimum atomic E-state index is -0.496. The first-order chi connectivity index (χ1) is 12.7. The van der Waals surface area contributed by atoms with Crippen LogP contribution >= 0.6 is 15.9 Å². The van der Waals surface area contributed by atoms with Crippen molar-refractivity contribution in [3.05, 3.63) is 74.1 Å². The molecular weight excluding hydrogens is 402 g/mol. The standard InChI is InChI=1S/C18H16BrN3O4/c19-16-7-6-14-15(11-26-18(14)23)17(16)25-10-13(21-22-20)9-24-8-12-4-2-1-3-5-12/h1-7,13H,8-11H2/t13-/m0/s1. The van der Waals surface area contributed by atoms with Gasteiger partial charge in [0.25, 0.3) is 0 Å². The number of fused-ring (bicyclic) bond motifs is 1. The molecule has 0 unspecified atom stereocenters.